The molecule has 4 nitrogen and oxygen atoms in total. The predicted octanol–water partition coefficient (Wildman–Crippen LogP) is 2.11. The summed E-state index contributed by atoms with van der Waals surface area (Å²) in [5.41, 5.74) is 5.70. The molecule has 1 heterocycles. The van der Waals surface area contributed by atoms with E-state index in [-0.39, 0.29) is 6.42 Å². The molecule has 1 rings (SSSR count). The Bertz CT molecular complexity index is 304. The number of nitrogens with one attached hydrogen (secondary N) is 1. The van der Waals surface area contributed by atoms with Crippen LogP contribution in [0, 0.1) is 0 Å². The Hall–Kier alpha value is -0.980. The number of nitrogens with two attached hydrogens (primary N) is 1. The van der Waals surface area contributed by atoms with Gasteiger partial charge < -0.3 is 11.1 Å². The lowest BCUT2D eigenvalue weighted by molar-refractivity contribution is -0.135. The Kier molecular flexibility index (Phi) is 7.12. The lowest BCUT2D eigenvalue weighted by Crippen LogP contribution is -2.36. The van der Waals surface area contributed by atoms with Crippen molar-refractivity contribution in [2.75, 3.05) is 26.2 Å². The number of nitrogens with zero attached hydrogens (tertiary/aromatic N) is 2. The third-order valence-electron chi connectivity index (χ3n) is 3.57. The number of unbranched alkanes of at least 4 members (excludes halogenated alkanes) is 1. The monoisotopic (exact) mass is 294 g/mol. The largest absolute Gasteiger partial charge is 0.389 e. The summed E-state index contributed by atoms with van der Waals surface area (Å²) in [6.07, 6.45) is -1.91. The first-order valence-electron chi connectivity index (χ1n) is 7.27. The number of hydrogen-bond donors (Lipinski definition) is 2. The molecule has 0 aromatic carbocycles. The van der Waals surface area contributed by atoms with Crippen molar-refractivity contribution in [3.05, 3.63) is 0 Å². The van der Waals surface area contributed by atoms with Gasteiger partial charge in [0.05, 0.1) is 6.54 Å². The molecule has 20 heavy (non-hydrogen) atoms. The van der Waals surface area contributed by atoms with Crippen LogP contribution in [0.15, 0.2) is 4.99 Å². The first-order chi connectivity index (χ1) is 9.42. The molecular weight excluding hydrogens is 269 g/mol. The fourth-order valence-electron chi connectivity index (χ4n) is 2.44. The Morgan fingerprint density at radius 2 is 2.15 bits per heavy atom. The molecule has 1 unspecified atom stereocenters. The van der Waals surface area contributed by atoms with Crippen LogP contribution in [0.1, 0.15) is 39.0 Å². The van der Waals surface area contributed by atoms with E-state index in [0.717, 1.165) is 19.5 Å². The van der Waals surface area contributed by atoms with Crippen LogP contribution in [0.5, 0.6) is 0 Å². The number of halogens is 3. The molecule has 0 bridgehead atoms. The third-order valence-corrected chi connectivity index (χ3v) is 3.57. The van der Waals surface area contributed by atoms with Crippen LogP contribution in [-0.4, -0.2) is 49.3 Å². The van der Waals surface area contributed by atoms with Gasteiger partial charge in [-0.15, -0.1) is 0 Å². The van der Waals surface area contributed by atoms with E-state index >= 15 is 0 Å². The minimum atomic E-state index is -4.06. The number of alkyl halides is 3. The van der Waals surface area contributed by atoms with Crippen LogP contribution in [0.2, 0.25) is 0 Å². The smallest absolute Gasteiger partial charge is 0.370 e. The standard InChI is InChI=1S/C13H25F3N4/c1-2-20-9-5-6-11(20)10-19-12(17)18-8-4-3-7-13(14,15)16/h11H,2-10H2,1H3,(H3,17,18,19). The predicted molar refractivity (Wildman–Crippen MR) is 74.7 cm³/mol. The van der Waals surface area contributed by atoms with Crippen molar-refractivity contribution in [1.82, 2.24) is 10.2 Å². The quantitative estimate of drug-likeness (QED) is 0.429. The molecule has 1 fully saturated rings. The summed E-state index contributed by atoms with van der Waals surface area (Å²) in [6.45, 7) is 5.36. The fraction of sp³-hybridized carbons (Fsp3) is 0.923. The van der Waals surface area contributed by atoms with Crippen molar-refractivity contribution < 1.29 is 13.2 Å². The molecule has 0 radical (unpaired) electrons. The zero-order valence-corrected chi connectivity index (χ0v) is 12.0. The van der Waals surface area contributed by atoms with Crippen LogP contribution in [0.3, 0.4) is 0 Å². The van der Waals surface area contributed by atoms with Crippen LogP contribution in [-0.2, 0) is 0 Å². The van der Waals surface area contributed by atoms with Crippen molar-refractivity contribution in [3.8, 4) is 0 Å². The highest BCUT2D eigenvalue weighted by Gasteiger charge is 2.25. The molecule has 0 aromatic heterocycles. The van der Waals surface area contributed by atoms with Crippen molar-refractivity contribution in [2.24, 2.45) is 10.7 Å². The van der Waals surface area contributed by atoms with Gasteiger partial charge in [-0.25, -0.2) is 0 Å². The Labute approximate surface area is 118 Å². The summed E-state index contributed by atoms with van der Waals surface area (Å²) in [5, 5.41) is 2.87. The van der Waals surface area contributed by atoms with E-state index in [9.17, 15) is 13.2 Å². The molecule has 0 aliphatic carbocycles. The normalized spacial score (nSPS) is 21.4. The third kappa shape index (κ3) is 6.98. The second-order valence-corrected chi connectivity index (χ2v) is 5.15. The lowest BCUT2D eigenvalue weighted by atomic mass is 10.2. The first-order valence-corrected chi connectivity index (χ1v) is 7.27. The molecular formula is C13H25F3N4. The molecule has 118 valence electrons. The van der Waals surface area contributed by atoms with Crippen molar-refractivity contribution in [1.29, 1.82) is 0 Å². The van der Waals surface area contributed by atoms with Gasteiger partial charge in [0, 0.05) is 19.0 Å². The van der Waals surface area contributed by atoms with Gasteiger partial charge in [0.15, 0.2) is 5.96 Å². The molecule has 0 saturated carbocycles. The minimum Gasteiger partial charge on any atom is -0.370 e. The maximum atomic E-state index is 11.9. The van der Waals surface area contributed by atoms with E-state index in [1.54, 1.807) is 0 Å². The Morgan fingerprint density at radius 1 is 1.40 bits per heavy atom. The van der Waals surface area contributed by atoms with Gasteiger partial charge in [-0.05, 0) is 38.8 Å². The average molecular weight is 294 g/mol. The molecule has 1 atom stereocenters. The first kappa shape index (κ1) is 17.1. The fourth-order valence-corrected chi connectivity index (χ4v) is 2.44. The number of guanidine groups is 1. The highest BCUT2D eigenvalue weighted by Crippen LogP contribution is 2.21. The van der Waals surface area contributed by atoms with E-state index in [0.29, 0.717) is 31.5 Å². The van der Waals surface area contributed by atoms with Crippen molar-refractivity contribution >= 4 is 5.96 Å². The van der Waals surface area contributed by atoms with Crippen molar-refractivity contribution in [2.45, 2.75) is 51.2 Å². The summed E-state index contributed by atoms with van der Waals surface area (Å²) in [4.78, 5) is 6.65. The minimum absolute atomic E-state index is 0.121. The molecule has 1 aliphatic rings. The summed E-state index contributed by atoms with van der Waals surface area (Å²) in [7, 11) is 0. The molecule has 0 amide bonds. The van der Waals surface area contributed by atoms with Crippen LogP contribution >= 0.6 is 0 Å². The van der Waals surface area contributed by atoms with Gasteiger partial charge in [-0.1, -0.05) is 6.92 Å². The highest BCUT2D eigenvalue weighted by atomic mass is 19.4. The van der Waals surface area contributed by atoms with Crippen molar-refractivity contribution in [3.63, 3.8) is 0 Å². The van der Waals surface area contributed by atoms with Crippen LogP contribution in [0.4, 0.5) is 13.2 Å². The summed E-state index contributed by atoms with van der Waals surface area (Å²) >= 11 is 0. The number of aliphatic imine (C=N–C) groups is 1. The van der Waals surface area contributed by atoms with Crippen LogP contribution < -0.4 is 11.1 Å². The van der Waals surface area contributed by atoms with Gasteiger partial charge >= 0.3 is 6.18 Å². The van der Waals surface area contributed by atoms with Gasteiger partial charge in [0.25, 0.3) is 0 Å². The molecule has 1 saturated heterocycles. The maximum absolute atomic E-state index is 11.9. The van der Waals surface area contributed by atoms with Gasteiger partial charge in [-0.2, -0.15) is 13.2 Å². The molecule has 3 N–H and O–H groups in total. The second-order valence-electron chi connectivity index (χ2n) is 5.15. The van der Waals surface area contributed by atoms with Gasteiger partial charge in [0.1, 0.15) is 0 Å². The molecule has 0 spiro atoms. The number of likely N-dealkylation sites (tertiary alicyclic amines) is 1. The zero-order valence-electron chi connectivity index (χ0n) is 12.0. The molecule has 7 heteroatoms. The highest BCUT2D eigenvalue weighted by molar-refractivity contribution is 5.77. The van der Waals surface area contributed by atoms with E-state index in [2.05, 4.69) is 22.1 Å². The van der Waals surface area contributed by atoms with E-state index < -0.39 is 12.6 Å². The van der Waals surface area contributed by atoms with E-state index in [1.165, 1.54) is 6.42 Å². The lowest BCUT2D eigenvalue weighted by Gasteiger charge is -2.20. The number of likely N-dealkylation sites (N-methyl/N-ethyl adjacent to an activating group) is 1. The van der Waals surface area contributed by atoms with E-state index in [4.69, 9.17) is 5.73 Å². The van der Waals surface area contributed by atoms with Gasteiger partial charge in [0.2, 0.25) is 0 Å². The second kappa shape index (κ2) is 8.34. The summed E-state index contributed by atoms with van der Waals surface area (Å²) in [6, 6.07) is 0.450. The maximum Gasteiger partial charge on any atom is 0.389 e. The number of hydrogen-bond acceptors (Lipinski definition) is 2. The SMILES string of the molecule is CCN1CCCC1CN=C(N)NCCCCC(F)(F)F. The molecule has 0 aromatic rings. The topological polar surface area (TPSA) is 53.6 Å². The average Bonchev–Trinajstić information content (AvgIpc) is 2.82. The van der Waals surface area contributed by atoms with Gasteiger partial charge in [-0.3, -0.25) is 9.89 Å². The Balaban J connectivity index is 2.12. The van der Waals surface area contributed by atoms with Crippen LogP contribution in [0.25, 0.3) is 0 Å². The summed E-state index contributed by atoms with van der Waals surface area (Å²) < 4.78 is 35.8. The molecule has 1 aliphatic heterocycles. The van der Waals surface area contributed by atoms with E-state index in [1.807, 2.05) is 0 Å². The summed E-state index contributed by atoms with van der Waals surface area (Å²) in [5.74, 6) is 0.333. The Morgan fingerprint density at radius 3 is 2.80 bits per heavy atom. The zero-order chi connectivity index (χ0) is 15.0. The number of rotatable bonds is 7.